The van der Waals surface area contributed by atoms with Crippen molar-refractivity contribution in [2.75, 3.05) is 25.7 Å². The van der Waals surface area contributed by atoms with Crippen LogP contribution in [0.4, 0.5) is 0 Å². The first-order valence-electron chi connectivity index (χ1n) is 14.9. The number of carboxylic acids is 1. The second-order valence-corrected chi connectivity index (χ2v) is 13.0. The molecule has 0 radical (unpaired) electrons. The van der Waals surface area contributed by atoms with E-state index in [0.717, 1.165) is 29.5 Å². The Morgan fingerprint density at radius 3 is 2.51 bits per heavy atom. The van der Waals surface area contributed by atoms with Gasteiger partial charge in [0.2, 0.25) is 5.91 Å². The maximum atomic E-state index is 14.7. The number of methoxy groups -OCH3 is 1. The van der Waals surface area contributed by atoms with E-state index in [1.54, 1.807) is 18.9 Å². The summed E-state index contributed by atoms with van der Waals surface area (Å²) < 4.78 is 5.56. The first-order chi connectivity index (χ1) is 20.9. The van der Waals surface area contributed by atoms with Crippen molar-refractivity contribution in [2.45, 2.75) is 49.1 Å². The highest BCUT2D eigenvalue weighted by Gasteiger charge is 2.72. The molecule has 4 aliphatic rings. The Kier molecular flexibility index (Phi) is 8.09. The molecular weight excluding hydrogens is 560 g/mol. The van der Waals surface area contributed by atoms with Crippen LogP contribution in [-0.2, 0) is 26.2 Å². The molecule has 3 aliphatic carbocycles. The molecule has 224 valence electrons. The zero-order chi connectivity index (χ0) is 30.2. The number of carboxylic acid groups (broad SMARTS) is 1. The average molecular weight is 599 g/mol. The number of nitrogens with one attached hydrogen (secondary N) is 2. The number of ketones is 1. The molecule has 5 unspecified atom stereocenters. The van der Waals surface area contributed by atoms with Crippen molar-refractivity contribution in [3.63, 3.8) is 0 Å². The van der Waals surface area contributed by atoms with Crippen LogP contribution >= 0.6 is 11.8 Å². The zero-order valence-corrected chi connectivity index (χ0v) is 25.4. The molecule has 7 nitrogen and oxygen atoms in total. The number of Topliss-reactive ketones (excluding diaryl/α,β-unsaturated/α-hetero) is 1. The van der Waals surface area contributed by atoms with Crippen LogP contribution in [0.15, 0.2) is 78.9 Å². The quantitative estimate of drug-likeness (QED) is 0.297. The lowest BCUT2D eigenvalue weighted by molar-refractivity contribution is -0.148. The molecule has 1 saturated carbocycles. The minimum absolute atomic E-state index is 0.00156. The molecule has 3 aromatic rings. The van der Waals surface area contributed by atoms with E-state index in [4.69, 9.17) is 4.74 Å². The van der Waals surface area contributed by atoms with Crippen molar-refractivity contribution >= 4 is 29.4 Å². The minimum atomic E-state index is -1.04. The van der Waals surface area contributed by atoms with Crippen LogP contribution in [0.2, 0.25) is 0 Å². The number of fused-ring (bicyclic) bond motifs is 1. The summed E-state index contributed by atoms with van der Waals surface area (Å²) in [6.45, 7) is 0.300. The Morgan fingerprint density at radius 2 is 1.77 bits per heavy atom. The second-order valence-electron chi connectivity index (χ2n) is 12.0. The third kappa shape index (κ3) is 4.66. The molecule has 0 aromatic heterocycles. The Bertz CT molecular complexity index is 1530. The van der Waals surface area contributed by atoms with Gasteiger partial charge in [0.05, 0.1) is 18.6 Å². The van der Waals surface area contributed by atoms with E-state index in [9.17, 15) is 19.5 Å². The number of hydrogen-bond donors (Lipinski definition) is 3. The molecule has 0 spiro atoms. The van der Waals surface area contributed by atoms with Gasteiger partial charge in [-0.3, -0.25) is 9.59 Å². The zero-order valence-electron chi connectivity index (χ0n) is 24.5. The van der Waals surface area contributed by atoms with Crippen molar-refractivity contribution < 1.29 is 24.2 Å². The van der Waals surface area contributed by atoms with E-state index in [1.807, 2.05) is 60.9 Å². The van der Waals surface area contributed by atoms with Crippen molar-refractivity contribution in [3.05, 3.63) is 101 Å². The van der Waals surface area contributed by atoms with E-state index < -0.39 is 34.8 Å². The maximum Gasteiger partial charge on any atom is 0.326 e. The lowest BCUT2D eigenvalue weighted by Crippen LogP contribution is -2.65. The first-order valence-corrected chi connectivity index (χ1v) is 16.3. The van der Waals surface area contributed by atoms with Crippen molar-refractivity contribution in [1.29, 1.82) is 0 Å². The fraction of sp³-hybridized carbons (Fsp3) is 0.400. The number of amides is 1. The maximum absolute atomic E-state index is 14.7. The molecule has 43 heavy (non-hydrogen) atoms. The van der Waals surface area contributed by atoms with Gasteiger partial charge in [-0.15, -0.1) is 0 Å². The van der Waals surface area contributed by atoms with Gasteiger partial charge >= 0.3 is 5.97 Å². The predicted octanol–water partition coefficient (Wildman–Crippen LogP) is 4.58. The predicted molar refractivity (Wildman–Crippen MR) is 168 cm³/mol. The van der Waals surface area contributed by atoms with Gasteiger partial charge in [0, 0.05) is 35.8 Å². The highest BCUT2D eigenvalue weighted by Crippen LogP contribution is 2.69. The number of ether oxygens (including phenoxy) is 1. The van der Waals surface area contributed by atoms with Crippen LogP contribution in [0.25, 0.3) is 0 Å². The fourth-order valence-corrected chi connectivity index (χ4v) is 8.89. The third-order valence-corrected chi connectivity index (χ3v) is 10.8. The van der Waals surface area contributed by atoms with Gasteiger partial charge < -0.3 is 20.5 Å². The molecule has 8 heteroatoms. The molecule has 3 N–H and O–H groups in total. The van der Waals surface area contributed by atoms with E-state index in [1.165, 1.54) is 5.56 Å². The topological polar surface area (TPSA) is 105 Å². The van der Waals surface area contributed by atoms with Crippen LogP contribution in [0.3, 0.4) is 0 Å². The summed E-state index contributed by atoms with van der Waals surface area (Å²) in [6.07, 6.45) is 3.99. The number of carbonyl (C=O) groups excluding carboxylic acids is 2. The molecule has 1 saturated heterocycles. The fourth-order valence-electron chi connectivity index (χ4n) is 8.42. The summed E-state index contributed by atoms with van der Waals surface area (Å²) in [6, 6.07) is 24.5. The largest absolute Gasteiger partial charge is 0.496 e. The van der Waals surface area contributed by atoms with Gasteiger partial charge in [0.15, 0.2) is 5.78 Å². The number of thioether (sulfide) groups is 1. The number of aliphatic carboxylic acids is 1. The van der Waals surface area contributed by atoms with Crippen LogP contribution in [0.1, 0.15) is 47.4 Å². The number of rotatable bonds is 11. The van der Waals surface area contributed by atoms with E-state index in [2.05, 4.69) is 34.9 Å². The first kappa shape index (κ1) is 29.5. The van der Waals surface area contributed by atoms with Crippen LogP contribution in [0, 0.1) is 11.3 Å². The van der Waals surface area contributed by atoms with Gasteiger partial charge in [-0.05, 0) is 54.0 Å². The van der Waals surface area contributed by atoms with E-state index in [0.29, 0.717) is 24.5 Å². The molecule has 1 amide bonds. The van der Waals surface area contributed by atoms with Gasteiger partial charge in [-0.2, -0.15) is 11.8 Å². The van der Waals surface area contributed by atoms with Crippen molar-refractivity contribution in [2.24, 2.45) is 11.3 Å². The van der Waals surface area contributed by atoms with Gasteiger partial charge in [0.25, 0.3) is 0 Å². The summed E-state index contributed by atoms with van der Waals surface area (Å²) in [7, 11) is 1.60. The van der Waals surface area contributed by atoms with Crippen LogP contribution in [0.5, 0.6) is 5.75 Å². The summed E-state index contributed by atoms with van der Waals surface area (Å²) in [4.78, 5) is 41.4. The molecule has 1 aliphatic heterocycles. The summed E-state index contributed by atoms with van der Waals surface area (Å²) in [5.41, 5.74) is 2.57. The lowest BCUT2D eigenvalue weighted by Gasteiger charge is -2.61. The number of para-hydroxylation sites is 1. The summed E-state index contributed by atoms with van der Waals surface area (Å²) in [5.74, 6) is -0.591. The molecule has 2 bridgehead atoms. The molecule has 2 fully saturated rings. The molecule has 1 heterocycles. The van der Waals surface area contributed by atoms with Crippen molar-refractivity contribution in [1.82, 2.24) is 10.6 Å². The van der Waals surface area contributed by atoms with Crippen LogP contribution in [-0.4, -0.2) is 60.5 Å². The molecule has 3 aromatic carbocycles. The van der Waals surface area contributed by atoms with Gasteiger partial charge in [-0.25, -0.2) is 4.79 Å². The Hall–Kier alpha value is -3.62. The van der Waals surface area contributed by atoms with E-state index >= 15 is 0 Å². The SMILES string of the molecule is COc1ccccc1CC(=O)C1NCC2(C(=O)N[C@@H](CCSC)C(=O)O)C3CCC(c4ccccc4)(c4ccccc43)C12. The summed E-state index contributed by atoms with van der Waals surface area (Å²) in [5, 5.41) is 16.6. The normalized spacial score (nSPS) is 27.5. The second kappa shape index (κ2) is 11.8. The minimum Gasteiger partial charge on any atom is -0.496 e. The number of benzene rings is 3. The smallest absolute Gasteiger partial charge is 0.326 e. The van der Waals surface area contributed by atoms with Gasteiger partial charge in [-0.1, -0.05) is 72.8 Å². The summed E-state index contributed by atoms with van der Waals surface area (Å²) >= 11 is 1.55. The lowest BCUT2D eigenvalue weighted by atomic mass is 9.40. The number of hydrogen-bond acceptors (Lipinski definition) is 6. The molecular formula is C35H38N2O5S. The molecule has 7 rings (SSSR count). The molecule has 6 atom stereocenters. The Balaban J connectivity index is 1.51. The van der Waals surface area contributed by atoms with Crippen molar-refractivity contribution in [3.8, 4) is 5.75 Å². The monoisotopic (exact) mass is 598 g/mol. The highest BCUT2D eigenvalue weighted by molar-refractivity contribution is 7.98. The highest BCUT2D eigenvalue weighted by atomic mass is 32.2. The Morgan fingerprint density at radius 1 is 1.05 bits per heavy atom. The standard InChI is InChI=1S/C35H38N2O5S/c1-42-29-15-9-6-10-22(29)20-28(38)30-31-34(23-11-4-3-5-12-23)18-16-26(24-13-7-8-14-25(24)34)35(31,21-36-30)33(41)37-27(32(39)40)17-19-43-2/h3-15,26-27,30-31,36H,16-21H2,1-2H3,(H,37,41)(H,39,40)/t26?,27-,30?,31?,34?,35?/m0/s1. The van der Waals surface area contributed by atoms with E-state index in [-0.39, 0.29) is 24.0 Å². The average Bonchev–Trinajstić information content (AvgIpc) is 3.47. The van der Waals surface area contributed by atoms with Crippen LogP contribution < -0.4 is 15.4 Å². The third-order valence-electron chi connectivity index (χ3n) is 10.1. The van der Waals surface area contributed by atoms with Gasteiger partial charge in [0.1, 0.15) is 11.8 Å². The Labute approximate surface area is 256 Å². The number of carbonyl (C=O) groups is 3.